The molecule has 120 valence electrons. The number of amides is 2. The molecule has 2 amide bonds. The first-order valence-electron chi connectivity index (χ1n) is 8.12. The fraction of sp³-hybridized carbons (Fsp3) is 0.368. The largest absolute Gasteiger partial charge is 0.334 e. The lowest BCUT2D eigenvalue weighted by Gasteiger charge is -2.34. The SMILES string of the molecule is CC1CC(C)CN(C(=O)C(=O)Nc2cccc3ccccc23)C1. The van der Waals surface area contributed by atoms with Gasteiger partial charge in [-0.05, 0) is 29.7 Å². The van der Waals surface area contributed by atoms with Crippen LogP contribution in [0, 0.1) is 11.8 Å². The minimum Gasteiger partial charge on any atom is -0.334 e. The van der Waals surface area contributed by atoms with Crippen molar-refractivity contribution >= 4 is 28.3 Å². The van der Waals surface area contributed by atoms with E-state index >= 15 is 0 Å². The Morgan fingerprint density at radius 3 is 2.39 bits per heavy atom. The molecule has 3 rings (SSSR count). The van der Waals surface area contributed by atoms with E-state index in [0.717, 1.165) is 17.2 Å². The summed E-state index contributed by atoms with van der Waals surface area (Å²) in [6.45, 7) is 5.56. The van der Waals surface area contributed by atoms with Gasteiger partial charge in [0.15, 0.2) is 0 Å². The number of hydrogen-bond acceptors (Lipinski definition) is 2. The summed E-state index contributed by atoms with van der Waals surface area (Å²) in [5.41, 5.74) is 0.680. The summed E-state index contributed by atoms with van der Waals surface area (Å²) < 4.78 is 0. The van der Waals surface area contributed by atoms with Crippen LogP contribution >= 0.6 is 0 Å². The number of carbonyl (C=O) groups excluding carboxylic acids is 2. The molecule has 2 aromatic carbocycles. The van der Waals surface area contributed by atoms with Crippen LogP contribution in [0.5, 0.6) is 0 Å². The van der Waals surface area contributed by atoms with E-state index in [4.69, 9.17) is 0 Å². The van der Waals surface area contributed by atoms with Crippen molar-refractivity contribution in [3.63, 3.8) is 0 Å². The summed E-state index contributed by atoms with van der Waals surface area (Å²) in [7, 11) is 0. The minimum atomic E-state index is -0.553. The maximum atomic E-state index is 12.4. The number of rotatable bonds is 1. The van der Waals surface area contributed by atoms with E-state index in [1.165, 1.54) is 0 Å². The van der Waals surface area contributed by atoms with E-state index in [1.807, 2.05) is 42.5 Å². The Bertz CT molecular complexity index is 726. The summed E-state index contributed by atoms with van der Waals surface area (Å²) >= 11 is 0. The third-order valence-corrected chi connectivity index (χ3v) is 4.39. The average molecular weight is 310 g/mol. The first-order valence-corrected chi connectivity index (χ1v) is 8.12. The van der Waals surface area contributed by atoms with Crippen LogP contribution in [0.25, 0.3) is 10.8 Å². The first kappa shape index (κ1) is 15.5. The van der Waals surface area contributed by atoms with Crippen LogP contribution in [0.3, 0.4) is 0 Å². The summed E-state index contributed by atoms with van der Waals surface area (Å²) in [5.74, 6) is -0.111. The summed E-state index contributed by atoms with van der Waals surface area (Å²) in [5, 5.41) is 4.76. The Morgan fingerprint density at radius 2 is 1.65 bits per heavy atom. The maximum Gasteiger partial charge on any atom is 0.313 e. The van der Waals surface area contributed by atoms with Gasteiger partial charge in [-0.15, -0.1) is 0 Å². The molecule has 1 fully saturated rings. The molecule has 2 aromatic rings. The van der Waals surface area contributed by atoms with Crippen molar-refractivity contribution in [3.8, 4) is 0 Å². The van der Waals surface area contributed by atoms with Gasteiger partial charge in [0.05, 0.1) is 0 Å². The van der Waals surface area contributed by atoms with Crippen molar-refractivity contribution in [2.45, 2.75) is 20.3 Å². The van der Waals surface area contributed by atoms with Crippen LogP contribution < -0.4 is 5.32 Å². The maximum absolute atomic E-state index is 12.4. The molecule has 1 aliphatic rings. The molecule has 1 saturated heterocycles. The third kappa shape index (κ3) is 3.36. The lowest BCUT2D eigenvalue weighted by Crippen LogP contribution is -2.47. The molecule has 1 aliphatic heterocycles. The van der Waals surface area contributed by atoms with Gasteiger partial charge in [0, 0.05) is 24.2 Å². The van der Waals surface area contributed by atoms with E-state index in [-0.39, 0.29) is 0 Å². The predicted octanol–water partition coefficient (Wildman–Crippen LogP) is 3.28. The molecule has 0 aromatic heterocycles. The number of benzene rings is 2. The van der Waals surface area contributed by atoms with Gasteiger partial charge >= 0.3 is 11.8 Å². The number of nitrogens with one attached hydrogen (secondary N) is 1. The van der Waals surface area contributed by atoms with E-state index in [0.29, 0.717) is 30.6 Å². The Morgan fingerprint density at radius 1 is 1.00 bits per heavy atom. The highest BCUT2D eigenvalue weighted by atomic mass is 16.2. The Kier molecular flexibility index (Phi) is 4.33. The number of likely N-dealkylation sites (tertiary alicyclic amines) is 1. The van der Waals surface area contributed by atoms with E-state index < -0.39 is 11.8 Å². The molecule has 0 saturated carbocycles. The number of anilines is 1. The molecule has 0 spiro atoms. The minimum absolute atomic E-state index is 0.434. The highest BCUT2D eigenvalue weighted by molar-refractivity contribution is 6.40. The summed E-state index contributed by atoms with van der Waals surface area (Å²) in [4.78, 5) is 26.5. The number of piperidine rings is 1. The van der Waals surface area contributed by atoms with Crippen LogP contribution in [-0.2, 0) is 9.59 Å². The smallest absolute Gasteiger partial charge is 0.313 e. The highest BCUT2D eigenvalue weighted by Gasteiger charge is 2.29. The fourth-order valence-corrected chi connectivity index (χ4v) is 3.48. The molecule has 0 bridgehead atoms. The fourth-order valence-electron chi connectivity index (χ4n) is 3.48. The van der Waals surface area contributed by atoms with Crippen molar-refractivity contribution in [2.24, 2.45) is 11.8 Å². The van der Waals surface area contributed by atoms with Crippen LogP contribution in [0.1, 0.15) is 20.3 Å². The van der Waals surface area contributed by atoms with Crippen LogP contribution in [0.4, 0.5) is 5.69 Å². The lowest BCUT2D eigenvalue weighted by atomic mass is 9.92. The van der Waals surface area contributed by atoms with Gasteiger partial charge in [-0.3, -0.25) is 9.59 Å². The monoisotopic (exact) mass is 310 g/mol. The van der Waals surface area contributed by atoms with Gasteiger partial charge < -0.3 is 10.2 Å². The summed E-state index contributed by atoms with van der Waals surface area (Å²) in [6, 6.07) is 13.5. The Hall–Kier alpha value is -2.36. The molecule has 23 heavy (non-hydrogen) atoms. The molecule has 0 aliphatic carbocycles. The van der Waals surface area contributed by atoms with Crippen LogP contribution in [0.15, 0.2) is 42.5 Å². The second kappa shape index (κ2) is 6.41. The molecular weight excluding hydrogens is 288 g/mol. The number of fused-ring (bicyclic) bond motifs is 1. The third-order valence-electron chi connectivity index (χ3n) is 4.39. The molecular formula is C19H22N2O2. The number of nitrogens with zero attached hydrogens (tertiary/aromatic N) is 1. The molecule has 1 heterocycles. The van der Waals surface area contributed by atoms with E-state index in [1.54, 1.807) is 4.90 Å². The van der Waals surface area contributed by atoms with Crippen LogP contribution in [-0.4, -0.2) is 29.8 Å². The standard InChI is InChI=1S/C19H22N2O2/c1-13-10-14(2)12-21(11-13)19(23)18(22)20-17-9-5-7-15-6-3-4-8-16(15)17/h3-9,13-14H,10-12H2,1-2H3,(H,20,22). The second-order valence-electron chi connectivity index (χ2n) is 6.64. The number of hydrogen-bond donors (Lipinski definition) is 1. The van der Waals surface area contributed by atoms with Gasteiger partial charge in [0.1, 0.15) is 0 Å². The second-order valence-corrected chi connectivity index (χ2v) is 6.64. The molecule has 4 nitrogen and oxygen atoms in total. The molecule has 2 unspecified atom stereocenters. The predicted molar refractivity (Wildman–Crippen MR) is 92.1 cm³/mol. The topological polar surface area (TPSA) is 49.4 Å². The zero-order valence-corrected chi connectivity index (χ0v) is 13.6. The normalized spacial score (nSPS) is 21.2. The van der Waals surface area contributed by atoms with Gasteiger partial charge in [0.25, 0.3) is 0 Å². The van der Waals surface area contributed by atoms with Crippen molar-refractivity contribution < 1.29 is 9.59 Å². The van der Waals surface area contributed by atoms with E-state index in [2.05, 4.69) is 19.2 Å². The number of carbonyl (C=O) groups is 2. The van der Waals surface area contributed by atoms with Crippen molar-refractivity contribution in [2.75, 3.05) is 18.4 Å². The van der Waals surface area contributed by atoms with Crippen molar-refractivity contribution in [1.29, 1.82) is 0 Å². The molecule has 2 atom stereocenters. The molecule has 0 radical (unpaired) electrons. The average Bonchev–Trinajstić information content (AvgIpc) is 2.53. The van der Waals surface area contributed by atoms with Crippen molar-refractivity contribution in [3.05, 3.63) is 42.5 Å². The Balaban J connectivity index is 1.77. The van der Waals surface area contributed by atoms with Gasteiger partial charge in [-0.1, -0.05) is 50.2 Å². The highest BCUT2D eigenvalue weighted by Crippen LogP contribution is 2.24. The molecule has 1 N–H and O–H groups in total. The van der Waals surface area contributed by atoms with E-state index in [9.17, 15) is 9.59 Å². The Labute approximate surface area is 136 Å². The molecule has 4 heteroatoms. The lowest BCUT2D eigenvalue weighted by molar-refractivity contribution is -0.144. The van der Waals surface area contributed by atoms with Gasteiger partial charge in [-0.2, -0.15) is 0 Å². The zero-order valence-electron chi connectivity index (χ0n) is 13.6. The zero-order chi connectivity index (χ0) is 16.4. The van der Waals surface area contributed by atoms with Gasteiger partial charge in [-0.25, -0.2) is 0 Å². The van der Waals surface area contributed by atoms with Gasteiger partial charge in [0.2, 0.25) is 0 Å². The van der Waals surface area contributed by atoms with Crippen LogP contribution in [0.2, 0.25) is 0 Å². The quantitative estimate of drug-likeness (QED) is 0.822. The van der Waals surface area contributed by atoms with Crippen molar-refractivity contribution in [1.82, 2.24) is 4.90 Å². The summed E-state index contributed by atoms with van der Waals surface area (Å²) in [6.07, 6.45) is 1.11. The first-order chi connectivity index (χ1) is 11.0.